The Hall–Kier alpha value is -1.06. The van der Waals surface area contributed by atoms with Crippen molar-refractivity contribution in [3.8, 4) is 0 Å². The van der Waals surface area contributed by atoms with Gasteiger partial charge in [0.2, 0.25) is 0 Å². The molecule has 1 aliphatic heterocycles. The molecule has 4 heteroatoms. The lowest BCUT2D eigenvalue weighted by molar-refractivity contribution is -0.148. The molecule has 1 fully saturated rings. The molecule has 1 aromatic rings. The van der Waals surface area contributed by atoms with E-state index in [1.807, 2.05) is 29.2 Å². The summed E-state index contributed by atoms with van der Waals surface area (Å²) in [5.41, 5.74) is 0.991. The van der Waals surface area contributed by atoms with Crippen LogP contribution >= 0.6 is 11.6 Å². The predicted molar refractivity (Wildman–Crippen MR) is 57.9 cm³/mol. The molecular formula is C11H12ClNO2. The Labute approximate surface area is 93.3 Å². The molecule has 1 aromatic carbocycles. The van der Waals surface area contributed by atoms with E-state index in [2.05, 4.69) is 0 Å². The fraction of sp³-hybridized carbons (Fsp3) is 0.364. The normalized spacial score (nSPS) is 21.0. The molecule has 15 heavy (non-hydrogen) atoms. The van der Waals surface area contributed by atoms with Crippen molar-refractivity contribution in [3.05, 3.63) is 34.9 Å². The maximum atomic E-state index is 10.8. The van der Waals surface area contributed by atoms with Gasteiger partial charge in [-0.1, -0.05) is 29.8 Å². The quantitative estimate of drug-likeness (QED) is 0.856. The Morgan fingerprint density at radius 2 is 2.27 bits per heavy atom. The molecule has 1 N–H and O–H groups in total. The van der Waals surface area contributed by atoms with E-state index in [4.69, 9.17) is 16.7 Å². The highest BCUT2D eigenvalue weighted by Gasteiger charge is 2.33. The highest BCUT2D eigenvalue weighted by Crippen LogP contribution is 2.24. The van der Waals surface area contributed by atoms with Gasteiger partial charge in [-0.3, -0.25) is 9.69 Å². The van der Waals surface area contributed by atoms with E-state index in [0.29, 0.717) is 11.6 Å². The molecule has 1 unspecified atom stereocenters. The fourth-order valence-electron chi connectivity index (χ4n) is 1.76. The first-order chi connectivity index (χ1) is 7.18. The van der Waals surface area contributed by atoms with Crippen molar-refractivity contribution in [2.75, 3.05) is 6.54 Å². The van der Waals surface area contributed by atoms with Gasteiger partial charge in [-0.2, -0.15) is 0 Å². The lowest BCUT2D eigenvalue weighted by Crippen LogP contribution is -2.51. The average Bonchev–Trinajstić information content (AvgIpc) is 2.13. The minimum Gasteiger partial charge on any atom is -0.480 e. The lowest BCUT2D eigenvalue weighted by Gasteiger charge is -2.38. The molecule has 0 aromatic heterocycles. The molecule has 80 valence electrons. The summed E-state index contributed by atoms with van der Waals surface area (Å²) in [4.78, 5) is 12.7. The van der Waals surface area contributed by atoms with Gasteiger partial charge in [-0.15, -0.1) is 0 Å². The minimum absolute atomic E-state index is 0.332. The molecule has 2 rings (SSSR count). The maximum Gasteiger partial charge on any atom is 0.320 e. The molecule has 1 saturated heterocycles. The van der Waals surface area contributed by atoms with E-state index in [-0.39, 0.29) is 6.04 Å². The number of halogens is 1. The summed E-state index contributed by atoms with van der Waals surface area (Å²) in [6.07, 6.45) is 0.736. The van der Waals surface area contributed by atoms with Gasteiger partial charge >= 0.3 is 5.97 Å². The molecule has 0 bridgehead atoms. The maximum absolute atomic E-state index is 10.8. The van der Waals surface area contributed by atoms with Crippen molar-refractivity contribution < 1.29 is 9.90 Å². The Bertz CT molecular complexity index is 381. The minimum atomic E-state index is -0.742. The van der Waals surface area contributed by atoms with Gasteiger partial charge in [0.1, 0.15) is 6.04 Å². The average molecular weight is 226 g/mol. The van der Waals surface area contributed by atoms with Crippen molar-refractivity contribution >= 4 is 17.6 Å². The van der Waals surface area contributed by atoms with Gasteiger partial charge < -0.3 is 5.11 Å². The summed E-state index contributed by atoms with van der Waals surface area (Å²) in [5.74, 6) is -0.742. The molecule has 0 amide bonds. The number of carbonyl (C=O) groups is 1. The predicted octanol–water partition coefficient (Wildman–Crippen LogP) is 2.00. The van der Waals surface area contributed by atoms with Crippen LogP contribution in [0.4, 0.5) is 0 Å². The van der Waals surface area contributed by atoms with Crippen LogP contribution in [0.15, 0.2) is 24.3 Å². The number of carboxylic acids is 1. The summed E-state index contributed by atoms with van der Waals surface area (Å²) in [6.45, 7) is 1.46. The molecule has 0 radical (unpaired) electrons. The number of benzene rings is 1. The molecule has 1 heterocycles. The van der Waals surface area contributed by atoms with E-state index in [0.717, 1.165) is 18.5 Å². The number of hydrogen-bond donors (Lipinski definition) is 1. The standard InChI is InChI=1S/C11H12ClNO2/c12-9-4-2-1-3-8(9)7-13-6-5-10(13)11(14)15/h1-4,10H,5-7H2,(H,14,15). The van der Waals surface area contributed by atoms with Crippen LogP contribution in [0.5, 0.6) is 0 Å². The summed E-state index contributed by atoms with van der Waals surface area (Å²) >= 11 is 6.00. The number of likely N-dealkylation sites (tertiary alicyclic amines) is 1. The Kier molecular flexibility index (Phi) is 2.93. The second-order valence-electron chi connectivity index (χ2n) is 3.70. The Morgan fingerprint density at radius 1 is 1.53 bits per heavy atom. The molecule has 0 spiro atoms. The zero-order chi connectivity index (χ0) is 10.8. The summed E-state index contributed by atoms with van der Waals surface area (Å²) in [6, 6.07) is 7.21. The van der Waals surface area contributed by atoms with Gasteiger partial charge in [-0.05, 0) is 18.1 Å². The van der Waals surface area contributed by atoms with Gasteiger partial charge in [0.05, 0.1) is 0 Å². The summed E-state index contributed by atoms with van der Waals surface area (Å²) in [5, 5.41) is 9.58. The first-order valence-corrected chi connectivity index (χ1v) is 5.26. The van der Waals surface area contributed by atoms with Crippen molar-refractivity contribution in [2.24, 2.45) is 0 Å². The summed E-state index contributed by atoms with van der Waals surface area (Å²) in [7, 11) is 0. The lowest BCUT2D eigenvalue weighted by atomic mass is 10.0. The van der Waals surface area contributed by atoms with Crippen LogP contribution in [-0.2, 0) is 11.3 Å². The zero-order valence-electron chi connectivity index (χ0n) is 8.19. The van der Waals surface area contributed by atoms with Crippen LogP contribution in [0.1, 0.15) is 12.0 Å². The molecule has 3 nitrogen and oxygen atoms in total. The molecule has 0 saturated carbocycles. The first-order valence-electron chi connectivity index (χ1n) is 4.89. The number of aliphatic carboxylic acids is 1. The SMILES string of the molecule is O=C(O)C1CCN1Cc1ccccc1Cl. The highest BCUT2D eigenvalue weighted by molar-refractivity contribution is 6.31. The monoisotopic (exact) mass is 225 g/mol. The molecular weight excluding hydrogens is 214 g/mol. The number of carboxylic acid groups (broad SMARTS) is 1. The van der Waals surface area contributed by atoms with E-state index in [1.54, 1.807) is 0 Å². The van der Waals surface area contributed by atoms with Crippen molar-refractivity contribution in [3.63, 3.8) is 0 Å². The van der Waals surface area contributed by atoms with Gasteiger partial charge in [-0.25, -0.2) is 0 Å². The fourth-order valence-corrected chi connectivity index (χ4v) is 1.95. The van der Waals surface area contributed by atoms with Gasteiger partial charge in [0.25, 0.3) is 0 Å². The van der Waals surface area contributed by atoms with Gasteiger partial charge in [0.15, 0.2) is 0 Å². The van der Waals surface area contributed by atoms with Crippen LogP contribution in [0.3, 0.4) is 0 Å². The third-order valence-corrected chi connectivity index (χ3v) is 3.12. The topological polar surface area (TPSA) is 40.5 Å². The van der Waals surface area contributed by atoms with Crippen LogP contribution in [0, 0.1) is 0 Å². The Balaban J connectivity index is 2.04. The van der Waals surface area contributed by atoms with E-state index < -0.39 is 5.97 Å². The van der Waals surface area contributed by atoms with Crippen LogP contribution in [0.2, 0.25) is 5.02 Å². The number of nitrogens with zero attached hydrogens (tertiary/aromatic N) is 1. The third-order valence-electron chi connectivity index (χ3n) is 2.75. The zero-order valence-corrected chi connectivity index (χ0v) is 8.94. The number of rotatable bonds is 3. The third kappa shape index (κ3) is 2.13. The van der Waals surface area contributed by atoms with Crippen molar-refractivity contribution in [2.45, 2.75) is 19.0 Å². The van der Waals surface area contributed by atoms with Crippen LogP contribution in [-0.4, -0.2) is 28.6 Å². The van der Waals surface area contributed by atoms with Crippen molar-refractivity contribution in [1.82, 2.24) is 4.90 Å². The molecule has 0 aliphatic carbocycles. The highest BCUT2D eigenvalue weighted by atomic mass is 35.5. The van der Waals surface area contributed by atoms with Crippen LogP contribution < -0.4 is 0 Å². The number of hydrogen-bond acceptors (Lipinski definition) is 2. The molecule has 1 aliphatic rings. The van der Waals surface area contributed by atoms with Crippen LogP contribution in [0.25, 0.3) is 0 Å². The molecule has 1 atom stereocenters. The second kappa shape index (κ2) is 4.21. The van der Waals surface area contributed by atoms with Gasteiger partial charge in [0, 0.05) is 18.1 Å². The van der Waals surface area contributed by atoms with E-state index in [9.17, 15) is 4.79 Å². The Morgan fingerprint density at radius 3 is 2.80 bits per heavy atom. The first kappa shape index (κ1) is 10.5. The van der Waals surface area contributed by atoms with E-state index >= 15 is 0 Å². The van der Waals surface area contributed by atoms with E-state index in [1.165, 1.54) is 0 Å². The smallest absolute Gasteiger partial charge is 0.320 e. The van der Waals surface area contributed by atoms with Crippen molar-refractivity contribution in [1.29, 1.82) is 0 Å². The second-order valence-corrected chi connectivity index (χ2v) is 4.11. The largest absolute Gasteiger partial charge is 0.480 e. The summed E-state index contributed by atoms with van der Waals surface area (Å²) < 4.78 is 0.